The fourth-order valence-electron chi connectivity index (χ4n) is 3.39. The van der Waals surface area contributed by atoms with Crippen LogP contribution in [0.3, 0.4) is 0 Å². The maximum Gasteiger partial charge on any atom is 0.253 e. The number of para-hydroxylation sites is 2. The summed E-state index contributed by atoms with van der Waals surface area (Å²) >= 11 is 0. The molecule has 0 bridgehead atoms. The van der Waals surface area contributed by atoms with E-state index in [1.807, 2.05) is 61.5 Å². The number of carbonyl (C=O) groups excluding carboxylic acids is 1. The van der Waals surface area contributed by atoms with Gasteiger partial charge >= 0.3 is 0 Å². The van der Waals surface area contributed by atoms with Crippen molar-refractivity contribution in [1.82, 2.24) is 5.32 Å². The van der Waals surface area contributed by atoms with E-state index < -0.39 is 10.0 Å². The first-order valence-corrected chi connectivity index (χ1v) is 11.7. The smallest absolute Gasteiger partial charge is 0.253 e. The summed E-state index contributed by atoms with van der Waals surface area (Å²) in [7, 11) is -2.05. The molecule has 3 aromatic carbocycles. The molecule has 0 saturated heterocycles. The number of nitrogens with zero attached hydrogens (tertiary/aromatic N) is 1. The quantitative estimate of drug-likeness (QED) is 0.573. The fourth-order valence-corrected chi connectivity index (χ4v) is 4.29. The highest BCUT2D eigenvalue weighted by atomic mass is 32.2. The minimum absolute atomic E-state index is 0.131. The number of methoxy groups -OCH3 is 1. The van der Waals surface area contributed by atoms with E-state index in [4.69, 9.17) is 4.74 Å². The Balaban J connectivity index is 1.93. The van der Waals surface area contributed by atoms with E-state index >= 15 is 0 Å². The standard InChI is InChI=1S/C24H26N2O4S/c1-18(20-13-8-10-16-23(20)30-2)25-24(27)21-14-7-9-15-22(21)26(31(3,28)29)17-19-11-5-4-6-12-19/h4-16,18H,17H2,1-3H3,(H,25,27)/t18-/m1/s1. The van der Waals surface area contributed by atoms with Crippen LogP contribution in [0.1, 0.15) is 34.5 Å². The minimum atomic E-state index is -3.63. The van der Waals surface area contributed by atoms with Crippen molar-refractivity contribution in [2.75, 3.05) is 17.7 Å². The van der Waals surface area contributed by atoms with Crippen LogP contribution in [0.4, 0.5) is 5.69 Å². The van der Waals surface area contributed by atoms with Crippen molar-refractivity contribution in [3.05, 3.63) is 95.6 Å². The van der Waals surface area contributed by atoms with Crippen LogP contribution in [0.5, 0.6) is 5.75 Å². The van der Waals surface area contributed by atoms with E-state index in [1.165, 1.54) is 4.31 Å². The Morgan fingerprint density at radius 2 is 1.58 bits per heavy atom. The molecule has 0 aliphatic carbocycles. The Morgan fingerprint density at radius 3 is 2.26 bits per heavy atom. The van der Waals surface area contributed by atoms with Crippen LogP contribution in [0.2, 0.25) is 0 Å². The lowest BCUT2D eigenvalue weighted by atomic mass is 10.1. The number of rotatable bonds is 8. The maximum absolute atomic E-state index is 13.2. The molecular weight excluding hydrogens is 412 g/mol. The SMILES string of the molecule is COc1ccccc1[C@@H](C)NC(=O)c1ccccc1N(Cc1ccccc1)S(C)(=O)=O. The van der Waals surface area contributed by atoms with Gasteiger partial charge in [0.05, 0.1) is 37.2 Å². The molecule has 3 rings (SSSR count). The van der Waals surface area contributed by atoms with E-state index in [9.17, 15) is 13.2 Å². The average molecular weight is 439 g/mol. The summed E-state index contributed by atoms with van der Waals surface area (Å²) in [6, 6.07) is 23.1. The third-order valence-electron chi connectivity index (χ3n) is 4.94. The third-order valence-corrected chi connectivity index (χ3v) is 6.07. The molecule has 162 valence electrons. The average Bonchev–Trinajstić information content (AvgIpc) is 2.77. The number of ether oxygens (including phenoxy) is 1. The largest absolute Gasteiger partial charge is 0.496 e. The summed E-state index contributed by atoms with van der Waals surface area (Å²) in [6.45, 7) is 1.99. The van der Waals surface area contributed by atoms with Crippen molar-refractivity contribution in [2.45, 2.75) is 19.5 Å². The van der Waals surface area contributed by atoms with Gasteiger partial charge in [-0.2, -0.15) is 0 Å². The molecule has 31 heavy (non-hydrogen) atoms. The van der Waals surface area contributed by atoms with E-state index in [-0.39, 0.29) is 24.1 Å². The van der Waals surface area contributed by atoms with E-state index in [1.54, 1.807) is 31.4 Å². The van der Waals surface area contributed by atoms with Gasteiger partial charge in [0.2, 0.25) is 10.0 Å². The van der Waals surface area contributed by atoms with Crippen LogP contribution in [-0.2, 0) is 16.6 Å². The first-order chi connectivity index (χ1) is 14.8. The van der Waals surface area contributed by atoms with Gasteiger partial charge in [-0.25, -0.2) is 8.42 Å². The zero-order chi connectivity index (χ0) is 22.4. The van der Waals surface area contributed by atoms with Gasteiger partial charge in [-0.05, 0) is 30.7 Å². The number of hydrogen-bond acceptors (Lipinski definition) is 4. The molecule has 0 radical (unpaired) electrons. The summed E-state index contributed by atoms with van der Waals surface area (Å²) in [5.41, 5.74) is 2.27. The van der Waals surface area contributed by atoms with Gasteiger partial charge in [-0.1, -0.05) is 60.7 Å². The van der Waals surface area contributed by atoms with Crippen molar-refractivity contribution in [1.29, 1.82) is 0 Å². The number of hydrogen-bond donors (Lipinski definition) is 1. The molecule has 0 aliphatic heterocycles. The van der Waals surface area contributed by atoms with Crippen LogP contribution in [0.15, 0.2) is 78.9 Å². The lowest BCUT2D eigenvalue weighted by Gasteiger charge is -2.25. The summed E-state index contributed by atoms with van der Waals surface area (Å²) in [4.78, 5) is 13.2. The molecule has 7 heteroatoms. The molecule has 0 heterocycles. The molecule has 3 aromatic rings. The second-order valence-electron chi connectivity index (χ2n) is 7.21. The van der Waals surface area contributed by atoms with Gasteiger partial charge in [0.15, 0.2) is 0 Å². The Kier molecular flexibility index (Phi) is 6.97. The molecule has 1 amide bonds. The van der Waals surface area contributed by atoms with Crippen LogP contribution in [0.25, 0.3) is 0 Å². The van der Waals surface area contributed by atoms with Crippen molar-refractivity contribution >= 4 is 21.6 Å². The molecule has 1 N–H and O–H groups in total. The number of nitrogens with one attached hydrogen (secondary N) is 1. The highest BCUT2D eigenvalue weighted by molar-refractivity contribution is 7.92. The molecule has 0 unspecified atom stereocenters. The Bertz CT molecular complexity index is 1150. The number of benzene rings is 3. The van der Waals surface area contributed by atoms with Crippen molar-refractivity contribution < 1.29 is 17.9 Å². The Morgan fingerprint density at radius 1 is 0.968 bits per heavy atom. The first-order valence-electron chi connectivity index (χ1n) is 9.85. The highest BCUT2D eigenvalue weighted by Gasteiger charge is 2.24. The molecular formula is C24H26N2O4S. The Labute approximate surface area is 183 Å². The molecule has 6 nitrogen and oxygen atoms in total. The topological polar surface area (TPSA) is 75.7 Å². The normalized spacial score (nSPS) is 12.1. The van der Waals surface area contributed by atoms with Gasteiger partial charge < -0.3 is 10.1 Å². The lowest BCUT2D eigenvalue weighted by molar-refractivity contribution is 0.0940. The predicted octanol–water partition coefficient (Wildman–Crippen LogP) is 4.15. The summed E-state index contributed by atoms with van der Waals surface area (Å²) < 4.78 is 31.9. The summed E-state index contributed by atoms with van der Waals surface area (Å²) in [5, 5.41) is 2.96. The molecule has 0 spiro atoms. The van der Waals surface area contributed by atoms with E-state index in [0.29, 0.717) is 11.4 Å². The first kappa shape index (κ1) is 22.4. The highest BCUT2D eigenvalue weighted by Crippen LogP contribution is 2.28. The van der Waals surface area contributed by atoms with E-state index in [2.05, 4.69) is 5.32 Å². The lowest BCUT2D eigenvalue weighted by Crippen LogP contribution is -2.33. The van der Waals surface area contributed by atoms with Crippen LogP contribution >= 0.6 is 0 Å². The Hall–Kier alpha value is -3.32. The van der Waals surface area contributed by atoms with Crippen molar-refractivity contribution in [2.24, 2.45) is 0 Å². The van der Waals surface area contributed by atoms with Crippen LogP contribution < -0.4 is 14.4 Å². The van der Waals surface area contributed by atoms with Gasteiger partial charge in [-0.3, -0.25) is 9.10 Å². The van der Waals surface area contributed by atoms with Gasteiger partial charge in [0, 0.05) is 5.56 Å². The van der Waals surface area contributed by atoms with Gasteiger partial charge in [0.1, 0.15) is 5.75 Å². The molecule has 0 fully saturated rings. The monoisotopic (exact) mass is 438 g/mol. The van der Waals surface area contributed by atoms with Gasteiger partial charge in [0.25, 0.3) is 5.91 Å². The minimum Gasteiger partial charge on any atom is -0.496 e. The fraction of sp³-hybridized carbons (Fsp3) is 0.208. The molecule has 1 atom stereocenters. The zero-order valence-corrected chi connectivity index (χ0v) is 18.6. The molecule has 0 saturated carbocycles. The third kappa shape index (κ3) is 5.44. The number of carbonyl (C=O) groups is 1. The maximum atomic E-state index is 13.2. The second kappa shape index (κ2) is 9.66. The van der Waals surface area contributed by atoms with Gasteiger partial charge in [-0.15, -0.1) is 0 Å². The summed E-state index contributed by atoms with van der Waals surface area (Å²) in [5.74, 6) is 0.307. The molecule has 0 aliphatic rings. The molecule has 0 aromatic heterocycles. The number of amides is 1. The predicted molar refractivity (Wildman–Crippen MR) is 123 cm³/mol. The summed E-state index contributed by atoms with van der Waals surface area (Å²) in [6.07, 6.45) is 1.14. The zero-order valence-electron chi connectivity index (χ0n) is 17.8. The van der Waals surface area contributed by atoms with Crippen LogP contribution in [-0.4, -0.2) is 27.7 Å². The number of sulfonamides is 1. The van der Waals surface area contributed by atoms with E-state index in [0.717, 1.165) is 17.4 Å². The van der Waals surface area contributed by atoms with Crippen molar-refractivity contribution in [3.8, 4) is 5.75 Å². The van der Waals surface area contributed by atoms with Crippen LogP contribution in [0, 0.1) is 0 Å². The number of anilines is 1. The second-order valence-corrected chi connectivity index (χ2v) is 9.12. The van der Waals surface area contributed by atoms with Crippen molar-refractivity contribution in [3.63, 3.8) is 0 Å².